The summed E-state index contributed by atoms with van der Waals surface area (Å²) in [5.74, 6) is 0.936. The zero-order chi connectivity index (χ0) is 19.3. The van der Waals surface area contributed by atoms with Gasteiger partial charge in [0.25, 0.3) is 0 Å². The molecule has 4 rings (SSSR count). The Kier molecular flexibility index (Phi) is 5.73. The van der Waals surface area contributed by atoms with Gasteiger partial charge in [0, 0.05) is 25.4 Å². The Morgan fingerprint density at radius 1 is 1.25 bits per heavy atom. The monoisotopic (exact) mass is 371 g/mol. The fraction of sp³-hybridized carbons (Fsp3) is 0.320. The molecule has 0 spiro atoms. The lowest BCUT2D eigenvalue weighted by Crippen LogP contribution is -2.26. The second kappa shape index (κ2) is 8.57. The predicted octanol–water partition coefficient (Wildman–Crippen LogP) is 4.44. The fourth-order valence-electron chi connectivity index (χ4n) is 4.39. The molecule has 3 aliphatic rings. The van der Waals surface area contributed by atoms with Crippen molar-refractivity contribution in [2.45, 2.75) is 25.2 Å². The molecule has 0 radical (unpaired) electrons. The second-order valence-electron chi connectivity index (χ2n) is 7.69. The van der Waals surface area contributed by atoms with Crippen molar-refractivity contribution >= 4 is 5.71 Å². The molecule has 1 aromatic carbocycles. The molecule has 2 heterocycles. The summed E-state index contributed by atoms with van der Waals surface area (Å²) in [6.45, 7) is 6.22. The molecule has 2 aliphatic heterocycles. The first-order chi connectivity index (χ1) is 13.8. The van der Waals surface area contributed by atoms with Crippen LogP contribution in [0.4, 0.5) is 0 Å². The molecule has 1 atom stereocenters. The summed E-state index contributed by atoms with van der Waals surface area (Å²) >= 11 is 0. The molecule has 1 fully saturated rings. The Balaban J connectivity index is 1.46. The highest BCUT2D eigenvalue weighted by Crippen LogP contribution is 2.34. The van der Waals surface area contributed by atoms with Gasteiger partial charge in [-0.05, 0) is 66.1 Å². The van der Waals surface area contributed by atoms with Crippen LogP contribution in [0.3, 0.4) is 0 Å². The molecule has 0 amide bonds. The molecule has 144 valence electrons. The van der Waals surface area contributed by atoms with E-state index in [0.717, 1.165) is 25.1 Å². The van der Waals surface area contributed by atoms with Crippen LogP contribution in [0.25, 0.3) is 0 Å². The Hall–Kier alpha value is -2.65. The predicted molar refractivity (Wildman–Crippen MR) is 119 cm³/mol. The van der Waals surface area contributed by atoms with Crippen molar-refractivity contribution in [1.82, 2.24) is 10.6 Å². The van der Waals surface area contributed by atoms with Gasteiger partial charge in [0.15, 0.2) is 0 Å². The van der Waals surface area contributed by atoms with Gasteiger partial charge in [-0.25, -0.2) is 0 Å². The van der Waals surface area contributed by atoms with Gasteiger partial charge in [0.1, 0.15) is 0 Å². The number of nitrogens with zero attached hydrogens (tertiary/aromatic N) is 1. The first-order valence-electron chi connectivity index (χ1n) is 10.3. The van der Waals surface area contributed by atoms with Crippen LogP contribution in [0.2, 0.25) is 0 Å². The third kappa shape index (κ3) is 3.81. The number of hydrogen-bond acceptors (Lipinski definition) is 3. The average Bonchev–Trinajstić information content (AvgIpc) is 3.18. The standard InChI is InChI=1S/C25H29N3/c1-3-19(16-26-2)24-17-28-25-22(5-4-6-23(24)25)15-18-7-9-20(10-8-18)21-11-13-27-14-12-21/h3-10,16-17,21,23,26-27H,1,11-15H2,2H3/b19-16+. The number of allylic oxidation sites excluding steroid dienone is 7. The molecule has 3 heteroatoms. The van der Waals surface area contributed by atoms with Gasteiger partial charge in [-0.2, -0.15) is 0 Å². The third-order valence-corrected chi connectivity index (χ3v) is 5.94. The van der Waals surface area contributed by atoms with Crippen molar-refractivity contribution in [2.24, 2.45) is 10.9 Å². The summed E-state index contributed by atoms with van der Waals surface area (Å²) in [6.07, 6.45) is 15.9. The fourth-order valence-corrected chi connectivity index (χ4v) is 4.39. The minimum absolute atomic E-state index is 0.228. The summed E-state index contributed by atoms with van der Waals surface area (Å²) in [5, 5.41) is 6.56. The first kappa shape index (κ1) is 18.7. The maximum absolute atomic E-state index is 4.77. The van der Waals surface area contributed by atoms with E-state index in [4.69, 9.17) is 4.99 Å². The van der Waals surface area contributed by atoms with Gasteiger partial charge < -0.3 is 10.6 Å². The van der Waals surface area contributed by atoms with Gasteiger partial charge in [-0.15, -0.1) is 0 Å². The zero-order valence-electron chi connectivity index (χ0n) is 16.6. The molecule has 0 saturated carbocycles. The van der Waals surface area contributed by atoms with Crippen molar-refractivity contribution in [3.8, 4) is 0 Å². The quantitative estimate of drug-likeness (QED) is 0.726. The molecule has 1 aromatic rings. The van der Waals surface area contributed by atoms with E-state index in [2.05, 4.69) is 59.7 Å². The van der Waals surface area contributed by atoms with Gasteiger partial charge in [-0.1, -0.05) is 55.1 Å². The Morgan fingerprint density at radius 2 is 2.04 bits per heavy atom. The van der Waals surface area contributed by atoms with E-state index >= 15 is 0 Å². The SMILES string of the molecule is C=C/C(=C\NC)C1=CN=C2C(Cc3ccc(C4CCNCC4)cc3)=CC=CC12. The van der Waals surface area contributed by atoms with Crippen molar-refractivity contribution in [3.05, 3.63) is 95.4 Å². The molecule has 1 unspecified atom stereocenters. The minimum Gasteiger partial charge on any atom is -0.393 e. The summed E-state index contributed by atoms with van der Waals surface area (Å²) in [4.78, 5) is 4.77. The molecular formula is C25H29N3. The molecule has 0 bridgehead atoms. The molecule has 1 saturated heterocycles. The molecular weight excluding hydrogens is 342 g/mol. The Bertz CT molecular complexity index is 875. The normalized spacial score (nSPS) is 22.2. The van der Waals surface area contributed by atoms with Crippen LogP contribution in [0.1, 0.15) is 29.9 Å². The van der Waals surface area contributed by atoms with E-state index in [1.807, 2.05) is 25.5 Å². The van der Waals surface area contributed by atoms with Gasteiger partial charge in [0.05, 0.1) is 5.71 Å². The molecule has 1 aliphatic carbocycles. The number of fused-ring (bicyclic) bond motifs is 1. The van der Waals surface area contributed by atoms with E-state index < -0.39 is 0 Å². The Labute approximate surface area is 168 Å². The summed E-state index contributed by atoms with van der Waals surface area (Å²) in [6, 6.07) is 9.25. The lowest BCUT2D eigenvalue weighted by atomic mass is 9.82. The average molecular weight is 372 g/mol. The number of nitrogens with one attached hydrogen (secondary N) is 2. The smallest absolute Gasteiger partial charge is 0.0552 e. The van der Waals surface area contributed by atoms with E-state index in [1.54, 1.807) is 0 Å². The van der Waals surface area contributed by atoms with Crippen LogP contribution in [0, 0.1) is 5.92 Å². The van der Waals surface area contributed by atoms with Crippen LogP contribution < -0.4 is 10.6 Å². The number of benzene rings is 1. The van der Waals surface area contributed by atoms with E-state index in [1.165, 1.54) is 40.8 Å². The molecule has 0 aromatic heterocycles. The summed E-state index contributed by atoms with van der Waals surface area (Å²) in [7, 11) is 1.91. The molecule has 3 nitrogen and oxygen atoms in total. The van der Waals surface area contributed by atoms with Crippen LogP contribution in [-0.4, -0.2) is 25.8 Å². The zero-order valence-corrected chi connectivity index (χ0v) is 16.6. The topological polar surface area (TPSA) is 36.4 Å². The van der Waals surface area contributed by atoms with Crippen molar-refractivity contribution in [3.63, 3.8) is 0 Å². The van der Waals surface area contributed by atoms with Gasteiger partial charge >= 0.3 is 0 Å². The van der Waals surface area contributed by atoms with Crippen LogP contribution in [-0.2, 0) is 6.42 Å². The van der Waals surface area contributed by atoms with E-state index in [0.29, 0.717) is 5.92 Å². The molecule has 2 N–H and O–H groups in total. The summed E-state index contributed by atoms with van der Waals surface area (Å²) < 4.78 is 0. The highest BCUT2D eigenvalue weighted by molar-refractivity contribution is 6.08. The number of aliphatic imine (C=N–C) groups is 1. The maximum Gasteiger partial charge on any atom is 0.0552 e. The first-order valence-corrected chi connectivity index (χ1v) is 10.3. The number of piperidine rings is 1. The molecule has 28 heavy (non-hydrogen) atoms. The van der Waals surface area contributed by atoms with Crippen molar-refractivity contribution in [1.29, 1.82) is 0 Å². The van der Waals surface area contributed by atoms with Crippen LogP contribution in [0.5, 0.6) is 0 Å². The summed E-state index contributed by atoms with van der Waals surface area (Å²) in [5.41, 5.74) is 7.62. The highest BCUT2D eigenvalue weighted by Gasteiger charge is 2.28. The largest absolute Gasteiger partial charge is 0.393 e. The Morgan fingerprint density at radius 3 is 2.75 bits per heavy atom. The third-order valence-electron chi connectivity index (χ3n) is 5.94. The lowest BCUT2D eigenvalue weighted by molar-refractivity contribution is 0.460. The lowest BCUT2D eigenvalue weighted by Gasteiger charge is -2.23. The second-order valence-corrected chi connectivity index (χ2v) is 7.69. The van der Waals surface area contributed by atoms with Crippen molar-refractivity contribution in [2.75, 3.05) is 20.1 Å². The van der Waals surface area contributed by atoms with Crippen LogP contribution >= 0.6 is 0 Å². The number of rotatable bonds is 6. The van der Waals surface area contributed by atoms with Gasteiger partial charge in [-0.3, -0.25) is 4.99 Å². The van der Waals surface area contributed by atoms with Crippen LogP contribution in [0.15, 0.2) is 89.3 Å². The van der Waals surface area contributed by atoms with E-state index in [9.17, 15) is 0 Å². The maximum atomic E-state index is 4.77. The minimum atomic E-state index is 0.228. The van der Waals surface area contributed by atoms with E-state index in [-0.39, 0.29) is 5.92 Å². The number of hydrogen-bond donors (Lipinski definition) is 2. The van der Waals surface area contributed by atoms with Gasteiger partial charge in [0.2, 0.25) is 0 Å². The highest BCUT2D eigenvalue weighted by atomic mass is 14.9. The van der Waals surface area contributed by atoms with Crippen molar-refractivity contribution < 1.29 is 0 Å².